The molecule has 3 heterocycles. The molecule has 3 aromatic rings. The summed E-state index contributed by atoms with van der Waals surface area (Å²) in [7, 11) is 0. The lowest BCUT2D eigenvalue weighted by Crippen LogP contribution is -1.94. The Labute approximate surface area is 104 Å². The lowest BCUT2D eigenvalue weighted by Gasteiger charge is -1.95. The molecule has 3 rings (SSSR count). The highest BCUT2D eigenvalue weighted by molar-refractivity contribution is 5.53. The van der Waals surface area contributed by atoms with E-state index >= 15 is 0 Å². The van der Waals surface area contributed by atoms with E-state index in [1.165, 1.54) is 0 Å². The Kier molecular flexibility index (Phi) is 2.47. The fourth-order valence-electron chi connectivity index (χ4n) is 1.77. The number of anilines is 2. The maximum atomic E-state index is 4.39. The molecule has 0 atom stereocenters. The average molecular weight is 242 g/mol. The van der Waals surface area contributed by atoms with E-state index in [-0.39, 0.29) is 0 Å². The Balaban J connectivity index is 1.90. The van der Waals surface area contributed by atoms with Gasteiger partial charge in [0.25, 0.3) is 0 Å². The first kappa shape index (κ1) is 10.8. The molecule has 0 aliphatic carbocycles. The molecule has 92 valence electrons. The zero-order chi connectivity index (χ0) is 12.5. The second-order valence-electron chi connectivity index (χ2n) is 4.15. The van der Waals surface area contributed by atoms with Crippen LogP contribution in [-0.2, 0) is 6.54 Å². The normalized spacial score (nSPS) is 11.0. The molecule has 1 N–H and O–H groups in total. The van der Waals surface area contributed by atoms with Crippen LogP contribution >= 0.6 is 0 Å². The first-order valence-electron chi connectivity index (χ1n) is 5.87. The van der Waals surface area contributed by atoms with Gasteiger partial charge in [-0.25, -0.2) is 4.52 Å². The predicted molar refractivity (Wildman–Crippen MR) is 68.9 cm³/mol. The second kappa shape index (κ2) is 4.14. The Morgan fingerprint density at radius 3 is 2.94 bits per heavy atom. The van der Waals surface area contributed by atoms with Crippen molar-refractivity contribution in [2.75, 3.05) is 5.32 Å². The maximum Gasteiger partial charge on any atom is 0.247 e. The van der Waals surface area contributed by atoms with Gasteiger partial charge in [0.1, 0.15) is 0 Å². The molecule has 0 bridgehead atoms. The number of pyridine rings is 1. The summed E-state index contributed by atoms with van der Waals surface area (Å²) in [5.41, 5.74) is 2.87. The van der Waals surface area contributed by atoms with E-state index in [9.17, 15) is 0 Å². The second-order valence-corrected chi connectivity index (χ2v) is 4.15. The Morgan fingerprint density at radius 1 is 1.28 bits per heavy atom. The third-order valence-electron chi connectivity index (χ3n) is 2.69. The van der Waals surface area contributed by atoms with Gasteiger partial charge >= 0.3 is 0 Å². The number of hydrogen-bond donors (Lipinski definition) is 1. The lowest BCUT2D eigenvalue weighted by atomic mass is 10.3. The third-order valence-corrected chi connectivity index (χ3v) is 2.69. The molecule has 0 aromatic carbocycles. The van der Waals surface area contributed by atoms with Gasteiger partial charge in [0.2, 0.25) is 5.95 Å². The quantitative estimate of drug-likeness (QED) is 0.763. The summed E-state index contributed by atoms with van der Waals surface area (Å²) in [5.74, 6) is 0.580. The third kappa shape index (κ3) is 1.92. The number of aromatic nitrogens is 5. The summed E-state index contributed by atoms with van der Waals surface area (Å²) in [6, 6.07) is 3.96. The highest BCUT2D eigenvalue weighted by atomic mass is 15.4. The van der Waals surface area contributed by atoms with Gasteiger partial charge in [0.15, 0.2) is 5.65 Å². The molecule has 0 fully saturated rings. The van der Waals surface area contributed by atoms with E-state index in [0.29, 0.717) is 5.95 Å². The average Bonchev–Trinajstić information content (AvgIpc) is 2.95. The molecule has 0 spiro atoms. The van der Waals surface area contributed by atoms with Crippen LogP contribution in [0.1, 0.15) is 12.5 Å². The molecular formula is C12H14N6. The van der Waals surface area contributed by atoms with Gasteiger partial charge in [-0.05, 0) is 25.5 Å². The summed E-state index contributed by atoms with van der Waals surface area (Å²) in [5, 5.41) is 11.7. The first-order valence-corrected chi connectivity index (χ1v) is 5.87. The van der Waals surface area contributed by atoms with E-state index in [2.05, 4.69) is 20.5 Å². The zero-order valence-corrected chi connectivity index (χ0v) is 10.3. The molecule has 0 aliphatic heterocycles. The van der Waals surface area contributed by atoms with Gasteiger partial charge in [0, 0.05) is 18.9 Å². The van der Waals surface area contributed by atoms with E-state index in [0.717, 1.165) is 23.4 Å². The molecule has 0 amide bonds. The van der Waals surface area contributed by atoms with Gasteiger partial charge in [-0.1, -0.05) is 6.07 Å². The Bertz CT molecular complexity index is 681. The number of hydrogen-bond acceptors (Lipinski definition) is 4. The maximum absolute atomic E-state index is 4.39. The summed E-state index contributed by atoms with van der Waals surface area (Å²) >= 11 is 0. The molecule has 6 heteroatoms. The highest BCUT2D eigenvalue weighted by Crippen LogP contribution is 2.13. The van der Waals surface area contributed by atoms with Crippen LogP contribution in [0.3, 0.4) is 0 Å². The van der Waals surface area contributed by atoms with Crippen molar-refractivity contribution in [2.45, 2.75) is 20.4 Å². The van der Waals surface area contributed by atoms with Crippen molar-refractivity contribution >= 4 is 17.3 Å². The number of fused-ring (bicyclic) bond motifs is 1. The topological polar surface area (TPSA) is 60.0 Å². The minimum atomic E-state index is 0.580. The number of rotatable bonds is 3. The van der Waals surface area contributed by atoms with E-state index in [4.69, 9.17) is 0 Å². The van der Waals surface area contributed by atoms with Gasteiger partial charge in [-0.2, -0.15) is 10.1 Å². The van der Waals surface area contributed by atoms with Crippen molar-refractivity contribution in [2.24, 2.45) is 0 Å². The van der Waals surface area contributed by atoms with Crippen LogP contribution in [0.15, 0.2) is 30.7 Å². The lowest BCUT2D eigenvalue weighted by molar-refractivity contribution is 0.660. The fourth-order valence-corrected chi connectivity index (χ4v) is 1.77. The molecule has 0 saturated heterocycles. The summed E-state index contributed by atoms with van der Waals surface area (Å²) in [6.07, 6.45) is 5.64. The number of nitrogens with one attached hydrogen (secondary N) is 1. The molecule has 0 unspecified atom stereocenters. The fraction of sp³-hybridized carbons (Fsp3) is 0.250. The highest BCUT2D eigenvalue weighted by Gasteiger charge is 2.04. The molecule has 0 radical (unpaired) electrons. The van der Waals surface area contributed by atoms with Gasteiger partial charge in [-0.15, -0.1) is 5.10 Å². The van der Waals surface area contributed by atoms with Crippen LogP contribution in [0.4, 0.5) is 11.6 Å². The smallest absolute Gasteiger partial charge is 0.247 e. The van der Waals surface area contributed by atoms with Crippen molar-refractivity contribution in [1.29, 1.82) is 0 Å². The Morgan fingerprint density at radius 2 is 2.17 bits per heavy atom. The van der Waals surface area contributed by atoms with Crippen molar-refractivity contribution in [1.82, 2.24) is 24.4 Å². The van der Waals surface area contributed by atoms with Gasteiger partial charge < -0.3 is 5.32 Å². The number of nitrogens with zero attached hydrogens (tertiary/aromatic N) is 5. The minimum absolute atomic E-state index is 0.580. The molecule has 18 heavy (non-hydrogen) atoms. The summed E-state index contributed by atoms with van der Waals surface area (Å²) < 4.78 is 3.62. The predicted octanol–water partition coefficient (Wildman–Crippen LogP) is 2.00. The van der Waals surface area contributed by atoms with Crippen molar-refractivity contribution in [3.63, 3.8) is 0 Å². The van der Waals surface area contributed by atoms with Crippen LogP contribution in [-0.4, -0.2) is 24.4 Å². The first-order chi connectivity index (χ1) is 8.74. The molecule has 3 aromatic heterocycles. The summed E-state index contributed by atoms with van der Waals surface area (Å²) in [4.78, 5) is 4.39. The van der Waals surface area contributed by atoms with Crippen LogP contribution in [0.5, 0.6) is 0 Å². The Hall–Kier alpha value is -2.37. The summed E-state index contributed by atoms with van der Waals surface area (Å²) in [6.45, 7) is 4.92. The van der Waals surface area contributed by atoms with Crippen molar-refractivity contribution in [3.8, 4) is 0 Å². The largest absolute Gasteiger partial charge is 0.320 e. The molecule has 0 saturated carbocycles. The SMILES string of the molecule is CCn1cc(Nc2nc3ccc(C)cn3n2)cn1. The van der Waals surface area contributed by atoms with E-state index in [1.54, 1.807) is 10.7 Å². The van der Waals surface area contributed by atoms with Crippen molar-refractivity contribution in [3.05, 3.63) is 36.3 Å². The van der Waals surface area contributed by atoms with Crippen molar-refractivity contribution < 1.29 is 0 Å². The minimum Gasteiger partial charge on any atom is -0.320 e. The molecule has 6 nitrogen and oxygen atoms in total. The van der Waals surface area contributed by atoms with Crippen LogP contribution in [0, 0.1) is 6.92 Å². The molecule has 0 aliphatic rings. The van der Waals surface area contributed by atoms with Gasteiger partial charge in [0.05, 0.1) is 11.9 Å². The van der Waals surface area contributed by atoms with Crippen LogP contribution in [0.2, 0.25) is 0 Å². The molecular weight excluding hydrogens is 228 g/mol. The van der Waals surface area contributed by atoms with E-state index in [1.807, 2.05) is 43.1 Å². The monoisotopic (exact) mass is 242 g/mol. The zero-order valence-electron chi connectivity index (χ0n) is 10.3. The van der Waals surface area contributed by atoms with E-state index < -0.39 is 0 Å². The van der Waals surface area contributed by atoms with Crippen LogP contribution < -0.4 is 5.32 Å². The van der Waals surface area contributed by atoms with Crippen LogP contribution in [0.25, 0.3) is 5.65 Å². The standard InChI is InChI=1S/C12H14N6/c1-3-17-8-10(6-13-17)14-12-15-11-5-4-9(2)7-18(11)16-12/h4-8H,3H2,1-2H3,(H,14,16). The number of aryl methyl sites for hydroxylation is 2. The van der Waals surface area contributed by atoms with Gasteiger partial charge in [-0.3, -0.25) is 4.68 Å².